The standard InChI is InChI=1S/C27H35FN2O5/c1-32-27(21-35-25-6-3-2-5-24(25)28)11-4-13-29(14-12-27)19-22-7-9-23(10-8-22)34-20-26(31)30-15-17-33-18-16-30/h2-3,5-10H,4,11-21H2,1H3/t27-/m0/s1. The summed E-state index contributed by atoms with van der Waals surface area (Å²) in [4.78, 5) is 16.4. The van der Waals surface area contributed by atoms with Gasteiger partial charge in [0.15, 0.2) is 18.2 Å². The van der Waals surface area contributed by atoms with Gasteiger partial charge in [-0.05, 0) is 55.6 Å². The minimum absolute atomic E-state index is 0.0115. The number of para-hydroxylation sites is 1. The summed E-state index contributed by atoms with van der Waals surface area (Å²) >= 11 is 0. The molecule has 2 saturated heterocycles. The minimum Gasteiger partial charge on any atom is -0.488 e. The molecule has 2 aromatic rings. The van der Waals surface area contributed by atoms with Crippen molar-refractivity contribution >= 4 is 5.91 Å². The summed E-state index contributed by atoms with van der Waals surface area (Å²) in [6.45, 7) is 5.42. The summed E-state index contributed by atoms with van der Waals surface area (Å²) in [6, 6.07) is 14.4. The maximum Gasteiger partial charge on any atom is 0.260 e. The smallest absolute Gasteiger partial charge is 0.260 e. The van der Waals surface area contributed by atoms with Crippen molar-refractivity contribution < 1.29 is 28.1 Å². The van der Waals surface area contributed by atoms with E-state index < -0.39 is 5.60 Å². The van der Waals surface area contributed by atoms with Gasteiger partial charge in [0.25, 0.3) is 5.91 Å². The normalized spacial score (nSPS) is 21.4. The molecular weight excluding hydrogens is 451 g/mol. The summed E-state index contributed by atoms with van der Waals surface area (Å²) in [5, 5.41) is 0. The lowest BCUT2D eigenvalue weighted by Crippen LogP contribution is -2.42. The molecule has 1 amide bonds. The largest absolute Gasteiger partial charge is 0.488 e. The Kier molecular flexibility index (Phi) is 8.95. The van der Waals surface area contributed by atoms with E-state index in [2.05, 4.69) is 4.90 Å². The number of carbonyl (C=O) groups excluding carboxylic acids is 1. The van der Waals surface area contributed by atoms with Gasteiger partial charge in [0, 0.05) is 33.3 Å². The van der Waals surface area contributed by atoms with E-state index in [4.69, 9.17) is 18.9 Å². The van der Waals surface area contributed by atoms with E-state index in [9.17, 15) is 9.18 Å². The highest BCUT2D eigenvalue weighted by Crippen LogP contribution is 2.29. The Balaban J connectivity index is 1.25. The first-order valence-corrected chi connectivity index (χ1v) is 12.3. The van der Waals surface area contributed by atoms with Crippen molar-refractivity contribution in [1.82, 2.24) is 9.80 Å². The van der Waals surface area contributed by atoms with Crippen LogP contribution in [0.1, 0.15) is 24.8 Å². The number of hydrogen-bond donors (Lipinski definition) is 0. The van der Waals surface area contributed by atoms with Crippen molar-refractivity contribution in [3.8, 4) is 11.5 Å². The fraction of sp³-hybridized carbons (Fsp3) is 0.519. The predicted molar refractivity (Wildman–Crippen MR) is 130 cm³/mol. The summed E-state index contributed by atoms with van der Waals surface area (Å²) in [5.41, 5.74) is 0.756. The molecule has 4 rings (SSSR count). The number of halogens is 1. The molecule has 0 aliphatic carbocycles. The number of rotatable bonds is 9. The zero-order chi connectivity index (χ0) is 24.5. The second kappa shape index (κ2) is 12.3. The molecule has 7 nitrogen and oxygen atoms in total. The lowest BCUT2D eigenvalue weighted by atomic mass is 9.95. The highest BCUT2D eigenvalue weighted by Gasteiger charge is 2.34. The number of likely N-dealkylation sites (tertiary alicyclic amines) is 1. The van der Waals surface area contributed by atoms with Gasteiger partial charge in [-0.25, -0.2) is 4.39 Å². The number of benzene rings is 2. The van der Waals surface area contributed by atoms with E-state index in [1.807, 2.05) is 24.3 Å². The third kappa shape index (κ3) is 7.16. The van der Waals surface area contributed by atoms with Crippen molar-refractivity contribution in [2.45, 2.75) is 31.4 Å². The first-order valence-electron chi connectivity index (χ1n) is 12.3. The van der Waals surface area contributed by atoms with Gasteiger partial charge in [0.2, 0.25) is 0 Å². The van der Waals surface area contributed by atoms with E-state index >= 15 is 0 Å². The molecule has 2 aliphatic rings. The van der Waals surface area contributed by atoms with Crippen molar-refractivity contribution in [2.75, 3.05) is 59.7 Å². The molecule has 2 aliphatic heterocycles. The quantitative estimate of drug-likeness (QED) is 0.541. The Morgan fingerprint density at radius 1 is 1.00 bits per heavy atom. The Labute approximate surface area is 206 Å². The summed E-state index contributed by atoms with van der Waals surface area (Å²) in [7, 11) is 1.71. The zero-order valence-electron chi connectivity index (χ0n) is 20.4. The lowest BCUT2D eigenvalue weighted by molar-refractivity contribution is -0.137. The molecule has 35 heavy (non-hydrogen) atoms. The predicted octanol–water partition coefficient (Wildman–Crippen LogP) is 3.51. The van der Waals surface area contributed by atoms with Gasteiger partial charge in [-0.3, -0.25) is 9.69 Å². The summed E-state index contributed by atoms with van der Waals surface area (Å²) in [5.74, 6) is 0.586. The van der Waals surface area contributed by atoms with Crippen LogP contribution in [0.25, 0.3) is 0 Å². The fourth-order valence-corrected chi connectivity index (χ4v) is 4.56. The van der Waals surface area contributed by atoms with Gasteiger partial charge in [-0.1, -0.05) is 24.3 Å². The molecule has 0 radical (unpaired) electrons. The highest BCUT2D eigenvalue weighted by atomic mass is 19.1. The van der Waals surface area contributed by atoms with E-state index in [-0.39, 0.29) is 24.1 Å². The van der Waals surface area contributed by atoms with Crippen LogP contribution in [0.2, 0.25) is 0 Å². The first-order chi connectivity index (χ1) is 17.1. The number of hydrogen-bond acceptors (Lipinski definition) is 6. The van der Waals surface area contributed by atoms with Gasteiger partial charge < -0.3 is 23.8 Å². The van der Waals surface area contributed by atoms with Gasteiger partial charge in [0.05, 0.1) is 13.2 Å². The number of ether oxygens (including phenoxy) is 4. The molecule has 2 fully saturated rings. The minimum atomic E-state index is -0.429. The maximum absolute atomic E-state index is 14.0. The second-order valence-electron chi connectivity index (χ2n) is 9.16. The third-order valence-electron chi connectivity index (χ3n) is 6.81. The Bertz CT molecular complexity index is 951. The highest BCUT2D eigenvalue weighted by molar-refractivity contribution is 5.77. The van der Waals surface area contributed by atoms with Crippen LogP contribution in [-0.4, -0.2) is 81.0 Å². The Hall–Kier alpha value is -2.68. The SMILES string of the molecule is CO[C@@]1(COc2ccccc2F)CCCN(Cc2ccc(OCC(=O)N3CCOCC3)cc2)CC1. The maximum atomic E-state index is 14.0. The Morgan fingerprint density at radius 2 is 1.77 bits per heavy atom. The van der Waals surface area contributed by atoms with E-state index in [0.717, 1.165) is 38.9 Å². The van der Waals surface area contributed by atoms with Crippen LogP contribution in [0, 0.1) is 5.82 Å². The summed E-state index contributed by atoms with van der Waals surface area (Å²) < 4.78 is 36.6. The van der Waals surface area contributed by atoms with Crippen LogP contribution in [0.4, 0.5) is 4.39 Å². The number of amides is 1. The number of nitrogens with zero attached hydrogens (tertiary/aromatic N) is 2. The molecule has 2 aromatic carbocycles. The zero-order valence-corrected chi connectivity index (χ0v) is 20.4. The molecule has 190 valence electrons. The van der Waals surface area contributed by atoms with Gasteiger partial charge in [-0.15, -0.1) is 0 Å². The molecule has 1 atom stereocenters. The molecule has 8 heteroatoms. The number of methoxy groups -OCH3 is 1. The van der Waals surface area contributed by atoms with Crippen LogP contribution in [-0.2, 0) is 20.8 Å². The van der Waals surface area contributed by atoms with Crippen molar-refractivity contribution in [1.29, 1.82) is 0 Å². The topological polar surface area (TPSA) is 60.5 Å². The molecule has 0 spiro atoms. The number of morpholine rings is 1. The van der Waals surface area contributed by atoms with Crippen LogP contribution >= 0.6 is 0 Å². The van der Waals surface area contributed by atoms with Gasteiger partial charge >= 0.3 is 0 Å². The van der Waals surface area contributed by atoms with Crippen LogP contribution in [0.5, 0.6) is 11.5 Å². The molecule has 0 N–H and O–H groups in total. The van der Waals surface area contributed by atoms with E-state index in [1.165, 1.54) is 11.6 Å². The molecular formula is C27H35FN2O5. The average Bonchev–Trinajstić information content (AvgIpc) is 3.11. The molecule has 0 unspecified atom stereocenters. The number of carbonyl (C=O) groups is 1. The fourth-order valence-electron chi connectivity index (χ4n) is 4.56. The first kappa shape index (κ1) is 25.4. The molecule has 2 heterocycles. The second-order valence-corrected chi connectivity index (χ2v) is 9.16. The van der Waals surface area contributed by atoms with Crippen LogP contribution in [0.15, 0.2) is 48.5 Å². The van der Waals surface area contributed by atoms with Gasteiger partial charge in [-0.2, -0.15) is 0 Å². The van der Waals surface area contributed by atoms with E-state index in [0.29, 0.717) is 38.7 Å². The summed E-state index contributed by atoms with van der Waals surface area (Å²) in [6.07, 6.45) is 2.64. The van der Waals surface area contributed by atoms with Crippen molar-refractivity contribution in [3.05, 3.63) is 59.9 Å². The van der Waals surface area contributed by atoms with Crippen molar-refractivity contribution in [2.24, 2.45) is 0 Å². The molecule has 0 bridgehead atoms. The average molecular weight is 487 g/mol. The molecule has 0 saturated carbocycles. The molecule has 0 aromatic heterocycles. The van der Waals surface area contributed by atoms with E-state index in [1.54, 1.807) is 30.2 Å². The van der Waals surface area contributed by atoms with Crippen molar-refractivity contribution in [3.63, 3.8) is 0 Å². The van der Waals surface area contributed by atoms with Crippen LogP contribution in [0.3, 0.4) is 0 Å². The third-order valence-corrected chi connectivity index (χ3v) is 6.81. The lowest BCUT2D eigenvalue weighted by Gasteiger charge is -2.31. The van der Waals surface area contributed by atoms with Crippen LogP contribution < -0.4 is 9.47 Å². The monoisotopic (exact) mass is 486 g/mol. The van der Waals surface area contributed by atoms with Gasteiger partial charge in [0.1, 0.15) is 18.0 Å². The Morgan fingerprint density at radius 3 is 2.51 bits per heavy atom.